The smallest absolute Gasteiger partial charge is 0.354 e. The van der Waals surface area contributed by atoms with Crippen LogP contribution in [0.1, 0.15) is 22.3 Å². The lowest BCUT2D eigenvalue weighted by atomic mass is 10.1. The number of anilines is 1. The summed E-state index contributed by atoms with van der Waals surface area (Å²) in [6.07, 6.45) is -2.84. The predicted molar refractivity (Wildman–Crippen MR) is 101 cm³/mol. The second kappa shape index (κ2) is 7.14. The van der Waals surface area contributed by atoms with Crippen molar-refractivity contribution in [3.05, 3.63) is 71.9 Å². The zero-order valence-corrected chi connectivity index (χ0v) is 14.9. The molecule has 2 heterocycles. The lowest BCUT2D eigenvalue weighted by Crippen LogP contribution is -2.37. The molecule has 1 saturated heterocycles. The number of fused-ring (bicyclic) bond motifs is 1. The van der Waals surface area contributed by atoms with E-state index in [1.54, 1.807) is 6.07 Å². The van der Waals surface area contributed by atoms with E-state index < -0.39 is 11.7 Å². The molecule has 144 valence electrons. The van der Waals surface area contributed by atoms with Gasteiger partial charge in [0.25, 0.3) is 5.91 Å². The Labute approximate surface area is 160 Å². The van der Waals surface area contributed by atoms with Gasteiger partial charge >= 0.3 is 6.18 Å². The van der Waals surface area contributed by atoms with Crippen molar-refractivity contribution in [3.8, 4) is 0 Å². The second-order valence-corrected chi connectivity index (χ2v) is 6.87. The van der Waals surface area contributed by atoms with Crippen LogP contribution in [-0.2, 0) is 6.18 Å². The summed E-state index contributed by atoms with van der Waals surface area (Å²) >= 11 is 0. The van der Waals surface area contributed by atoms with Crippen LogP contribution in [0, 0.1) is 0 Å². The van der Waals surface area contributed by atoms with Crippen molar-refractivity contribution in [2.45, 2.75) is 18.6 Å². The number of halogens is 3. The van der Waals surface area contributed by atoms with Crippen molar-refractivity contribution in [2.24, 2.45) is 0 Å². The number of benzene rings is 2. The third kappa shape index (κ3) is 3.78. The minimum atomic E-state index is -4.40. The van der Waals surface area contributed by atoms with Gasteiger partial charge in [0.05, 0.1) is 5.56 Å². The molecule has 1 aromatic heterocycles. The van der Waals surface area contributed by atoms with Crippen molar-refractivity contribution in [2.75, 3.05) is 18.0 Å². The predicted octanol–water partition coefficient (Wildman–Crippen LogP) is 4.26. The van der Waals surface area contributed by atoms with E-state index >= 15 is 0 Å². The monoisotopic (exact) mass is 385 g/mol. The summed E-state index contributed by atoms with van der Waals surface area (Å²) in [7, 11) is 0. The van der Waals surface area contributed by atoms with Gasteiger partial charge in [0.2, 0.25) is 0 Å². The van der Waals surface area contributed by atoms with Gasteiger partial charge in [0, 0.05) is 30.9 Å². The Morgan fingerprint density at radius 1 is 1.07 bits per heavy atom. The van der Waals surface area contributed by atoms with Crippen LogP contribution in [-0.4, -0.2) is 30.0 Å². The lowest BCUT2D eigenvalue weighted by Gasteiger charge is -2.18. The summed E-state index contributed by atoms with van der Waals surface area (Å²) in [5.74, 6) is 0.327. The van der Waals surface area contributed by atoms with Crippen LogP contribution in [0.2, 0.25) is 0 Å². The van der Waals surface area contributed by atoms with Crippen LogP contribution in [0.3, 0.4) is 0 Å². The van der Waals surface area contributed by atoms with Crippen LogP contribution in [0.15, 0.2) is 60.8 Å². The fraction of sp³-hybridized carbons (Fsp3) is 0.238. The summed E-state index contributed by atoms with van der Waals surface area (Å²) in [6, 6.07) is 15.7. The van der Waals surface area contributed by atoms with Crippen molar-refractivity contribution < 1.29 is 18.0 Å². The van der Waals surface area contributed by atoms with E-state index in [9.17, 15) is 18.0 Å². The Balaban J connectivity index is 1.40. The first-order valence-corrected chi connectivity index (χ1v) is 8.98. The average Bonchev–Trinajstić information content (AvgIpc) is 3.15. The first-order valence-electron chi connectivity index (χ1n) is 8.98. The molecule has 1 atom stereocenters. The standard InChI is InChI=1S/C21H18F3N3O/c22-21(23,24)17-7-8-19(25-12-17)27-10-9-18(13-27)26-20(28)16-6-5-14-3-1-2-4-15(14)11-16/h1-8,11-12,18H,9-10,13H2,(H,26,28). The number of pyridine rings is 1. The van der Waals surface area contributed by atoms with Gasteiger partial charge in [-0.25, -0.2) is 4.98 Å². The van der Waals surface area contributed by atoms with E-state index in [0.29, 0.717) is 30.9 Å². The van der Waals surface area contributed by atoms with E-state index in [2.05, 4.69) is 10.3 Å². The maximum Gasteiger partial charge on any atom is 0.417 e. The van der Waals surface area contributed by atoms with E-state index in [4.69, 9.17) is 0 Å². The minimum absolute atomic E-state index is 0.0805. The Bertz CT molecular complexity index is 1000. The summed E-state index contributed by atoms with van der Waals surface area (Å²) in [5.41, 5.74) is -0.179. The number of hydrogen-bond donors (Lipinski definition) is 1. The molecule has 1 N–H and O–H groups in total. The Morgan fingerprint density at radius 3 is 2.57 bits per heavy atom. The molecule has 0 spiro atoms. The molecule has 0 aliphatic carbocycles. The van der Waals surface area contributed by atoms with E-state index in [0.717, 1.165) is 23.0 Å². The van der Waals surface area contributed by atoms with Gasteiger partial charge in [-0.2, -0.15) is 13.2 Å². The molecule has 1 aliphatic heterocycles. The number of nitrogens with zero attached hydrogens (tertiary/aromatic N) is 2. The van der Waals surface area contributed by atoms with Crippen molar-refractivity contribution >= 4 is 22.5 Å². The SMILES string of the molecule is O=C(NC1CCN(c2ccc(C(F)(F)F)cn2)C1)c1ccc2ccccc2c1. The minimum Gasteiger partial charge on any atom is -0.354 e. The average molecular weight is 385 g/mol. The molecule has 4 rings (SSSR count). The van der Waals surface area contributed by atoms with Crippen LogP contribution >= 0.6 is 0 Å². The molecule has 0 bridgehead atoms. The third-order valence-corrected chi connectivity index (χ3v) is 4.93. The zero-order valence-electron chi connectivity index (χ0n) is 14.9. The number of aromatic nitrogens is 1. The third-order valence-electron chi connectivity index (χ3n) is 4.93. The molecule has 3 aromatic rings. The first kappa shape index (κ1) is 18.3. The number of nitrogens with one attached hydrogen (secondary N) is 1. The zero-order chi connectivity index (χ0) is 19.7. The van der Waals surface area contributed by atoms with E-state index in [-0.39, 0.29) is 11.9 Å². The summed E-state index contributed by atoms with van der Waals surface area (Å²) in [6.45, 7) is 1.14. The molecule has 7 heteroatoms. The summed E-state index contributed by atoms with van der Waals surface area (Å²) < 4.78 is 38.0. The first-order chi connectivity index (χ1) is 13.4. The van der Waals surface area contributed by atoms with Crippen molar-refractivity contribution in [3.63, 3.8) is 0 Å². The Morgan fingerprint density at radius 2 is 1.86 bits per heavy atom. The molecule has 1 fully saturated rings. The van der Waals surface area contributed by atoms with Crippen molar-refractivity contribution in [1.82, 2.24) is 10.3 Å². The summed E-state index contributed by atoms with van der Waals surface area (Å²) in [4.78, 5) is 18.4. The number of amides is 1. The van der Waals surface area contributed by atoms with Gasteiger partial charge in [0.1, 0.15) is 5.82 Å². The number of alkyl halides is 3. The van der Waals surface area contributed by atoms with Gasteiger partial charge in [-0.05, 0) is 41.5 Å². The highest BCUT2D eigenvalue weighted by Gasteiger charge is 2.31. The molecule has 0 saturated carbocycles. The molecule has 1 aliphatic rings. The van der Waals surface area contributed by atoms with Crippen LogP contribution in [0.25, 0.3) is 10.8 Å². The fourth-order valence-corrected chi connectivity index (χ4v) is 3.43. The maximum atomic E-state index is 12.7. The normalized spacial score (nSPS) is 17.1. The largest absolute Gasteiger partial charge is 0.417 e. The van der Waals surface area contributed by atoms with Crippen LogP contribution in [0.5, 0.6) is 0 Å². The summed E-state index contributed by atoms with van der Waals surface area (Å²) in [5, 5.41) is 5.07. The molecule has 1 amide bonds. The molecule has 1 unspecified atom stereocenters. The topological polar surface area (TPSA) is 45.2 Å². The molecule has 2 aromatic carbocycles. The van der Waals surface area contributed by atoms with E-state index in [1.165, 1.54) is 6.07 Å². The van der Waals surface area contributed by atoms with Gasteiger partial charge in [-0.1, -0.05) is 30.3 Å². The Kier molecular flexibility index (Phi) is 4.66. The quantitative estimate of drug-likeness (QED) is 0.733. The number of hydrogen-bond acceptors (Lipinski definition) is 3. The fourth-order valence-electron chi connectivity index (χ4n) is 3.43. The highest BCUT2D eigenvalue weighted by Crippen LogP contribution is 2.30. The van der Waals surface area contributed by atoms with E-state index in [1.807, 2.05) is 41.3 Å². The molecule has 28 heavy (non-hydrogen) atoms. The van der Waals surface area contributed by atoms with Gasteiger partial charge < -0.3 is 10.2 Å². The van der Waals surface area contributed by atoms with Gasteiger partial charge in [-0.15, -0.1) is 0 Å². The van der Waals surface area contributed by atoms with Crippen molar-refractivity contribution in [1.29, 1.82) is 0 Å². The highest BCUT2D eigenvalue weighted by molar-refractivity contribution is 5.98. The number of carbonyl (C=O) groups excluding carboxylic acids is 1. The van der Waals surface area contributed by atoms with Gasteiger partial charge in [0.15, 0.2) is 0 Å². The highest BCUT2D eigenvalue weighted by atomic mass is 19.4. The molecule has 0 radical (unpaired) electrons. The van der Waals surface area contributed by atoms with Crippen LogP contribution in [0.4, 0.5) is 19.0 Å². The number of rotatable bonds is 3. The molecular formula is C21H18F3N3O. The molecule has 4 nitrogen and oxygen atoms in total. The second-order valence-electron chi connectivity index (χ2n) is 6.87. The van der Waals surface area contributed by atoms with Gasteiger partial charge in [-0.3, -0.25) is 4.79 Å². The maximum absolute atomic E-state index is 12.7. The lowest BCUT2D eigenvalue weighted by molar-refractivity contribution is -0.137. The Hall–Kier alpha value is -3.09. The van der Waals surface area contributed by atoms with Crippen LogP contribution < -0.4 is 10.2 Å². The number of carbonyl (C=O) groups is 1. The molecular weight excluding hydrogens is 367 g/mol.